The average molecular weight is 775 g/mol. The van der Waals surface area contributed by atoms with Crippen molar-refractivity contribution in [3.05, 3.63) is 70.4 Å². The van der Waals surface area contributed by atoms with E-state index in [-0.39, 0.29) is 16.7 Å². The highest BCUT2D eigenvalue weighted by atomic mass is 17.2. The van der Waals surface area contributed by atoms with E-state index in [9.17, 15) is 65.8 Å². The molecule has 0 bridgehead atoms. The molecule has 20 nitrogen and oxygen atoms in total. The third-order valence-corrected chi connectivity index (χ3v) is 8.59. The number of carbonyl (C=O) groups is 1. The van der Waals surface area contributed by atoms with Crippen molar-refractivity contribution in [3.63, 3.8) is 0 Å². The van der Waals surface area contributed by atoms with Gasteiger partial charge in [-0.05, 0) is 42.0 Å². The summed E-state index contributed by atoms with van der Waals surface area (Å²) in [7, 11) is 0. The van der Waals surface area contributed by atoms with E-state index in [1.165, 1.54) is 18.2 Å². The molecular weight excluding hydrogens is 740 g/mol. The Balaban J connectivity index is 1.32. The van der Waals surface area contributed by atoms with Crippen LogP contribution in [0.2, 0.25) is 0 Å². The van der Waals surface area contributed by atoms with E-state index in [1.807, 2.05) is 0 Å². The summed E-state index contributed by atoms with van der Waals surface area (Å²) in [4.78, 5) is 36.2. The first-order valence-electron chi connectivity index (χ1n) is 16.2. The van der Waals surface area contributed by atoms with Gasteiger partial charge >= 0.3 is 5.97 Å². The number of hydrogen-bond donors (Lipinski definition) is 11. The molecule has 2 aliphatic heterocycles. The molecule has 9 atom stereocenters. The van der Waals surface area contributed by atoms with Crippen molar-refractivity contribution in [2.75, 3.05) is 13.2 Å². The Bertz CT molecular complexity index is 2130. The van der Waals surface area contributed by atoms with Gasteiger partial charge in [0.25, 0.3) is 0 Å². The van der Waals surface area contributed by atoms with Crippen molar-refractivity contribution in [1.82, 2.24) is 0 Å². The second-order valence-corrected chi connectivity index (χ2v) is 12.4. The van der Waals surface area contributed by atoms with E-state index in [0.29, 0.717) is 0 Å². The number of aliphatic hydroxyl groups is 5. The van der Waals surface area contributed by atoms with Crippen molar-refractivity contribution >= 4 is 23.0 Å². The number of fused-ring (bicyclic) bond motifs is 1. The minimum absolute atomic E-state index is 0.0982. The van der Waals surface area contributed by atoms with Gasteiger partial charge in [-0.1, -0.05) is 6.07 Å². The molecular formula is C35H34O20. The number of benzene rings is 3. The van der Waals surface area contributed by atoms with Crippen LogP contribution < -0.4 is 10.2 Å². The van der Waals surface area contributed by atoms with Gasteiger partial charge in [0, 0.05) is 23.8 Å². The second kappa shape index (κ2) is 16.0. The van der Waals surface area contributed by atoms with E-state index in [2.05, 4.69) is 0 Å². The zero-order valence-electron chi connectivity index (χ0n) is 28.0. The summed E-state index contributed by atoms with van der Waals surface area (Å²) >= 11 is 0. The third kappa shape index (κ3) is 8.07. The maximum atomic E-state index is 14.0. The zero-order valence-corrected chi connectivity index (χ0v) is 28.0. The maximum Gasteiger partial charge on any atom is 0.365 e. The lowest BCUT2D eigenvalue weighted by atomic mass is 9.98. The van der Waals surface area contributed by atoms with Gasteiger partial charge in [0.15, 0.2) is 47.3 Å². The topological polar surface area (TPSA) is 325 Å². The Morgan fingerprint density at radius 3 is 2.20 bits per heavy atom. The van der Waals surface area contributed by atoms with Crippen LogP contribution >= 0.6 is 0 Å². The lowest BCUT2D eigenvalue weighted by molar-refractivity contribution is -0.396. The van der Waals surface area contributed by atoms with Gasteiger partial charge < -0.3 is 79.5 Å². The molecule has 2 saturated heterocycles. The number of rotatable bonds is 10. The van der Waals surface area contributed by atoms with Crippen molar-refractivity contribution in [1.29, 1.82) is 0 Å². The summed E-state index contributed by atoms with van der Waals surface area (Å²) in [6.45, 7) is -1.50. The quantitative estimate of drug-likeness (QED) is 0.0420. The van der Waals surface area contributed by atoms with E-state index < -0.39 is 131 Å². The molecule has 2 fully saturated rings. The van der Waals surface area contributed by atoms with Gasteiger partial charge in [-0.2, -0.15) is 4.89 Å². The first-order valence-corrected chi connectivity index (χ1v) is 16.2. The van der Waals surface area contributed by atoms with E-state index in [4.69, 9.17) is 33.1 Å². The molecule has 1 aromatic heterocycles. The predicted molar refractivity (Wildman–Crippen MR) is 179 cm³/mol. The lowest BCUT2D eigenvalue weighted by Crippen LogP contribution is -2.64. The molecule has 2 aliphatic rings. The Morgan fingerprint density at radius 2 is 1.51 bits per heavy atom. The molecule has 3 aromatic carbocycles. The highest BCUT2D eigenvalue weighted by Crippen LogP contribution is 2.40. The van der Waals surface area contributed by atoms with Crippen LogP contribution in [0.15, 0.2) is 63.8 Å². The van der Waals surface area contributed by atoms with Crippen molar-refractivity contribution in [2.45, 2.75) is 55.3 Å². The van der Waals surface area contributed by atoms with E-state index in [0.717, 1.165) is 42.5 Å². The minimum Gasteiger partial charge on any atom is -0.508 e. The molecule has 294 valence electrons. The van der Waals surface area contributed by atoms with E-state index >= 15 is 0 Å². The van der Waals surface area contributed by atoms with Gasteiger partial charge in [0.2, 0.25) is 17.5 Å². The summed E-state index contributed by atoms with van der Waals surface area (Å²) < 4.78 is 28.7. The Labute approximate surface area is 307 Å². The number of phenols is 6. The fourth-order valence-electron chi connectivity index (χ4n) is 5.72. The van der Waals surface area contributed by atoms with Crippen LogP contribution in [0.5, 0.6) is 40.2 Å². The minimum atomic E-state index is -2.03. The second-order valence-electron chi connectivity index (χ2n) is 12.4. The highest BCUT2D eigenvalue weighted by Gasteiger charge is 2.51. The number of ether oxygens (including phenoxy) is 4. The summed E-state index contributed by atoms with van der Waals surface area (Å²) in [5, 5.41) is 112. The number of aliphatic hydroxyl groups excluding tert-OH is 5. The van der Waals surface area contributed by atoms with Gasteiger partial charge in [-0.3, -0.25) is 9.68 Å². The standard InChI is InChI=1S/C35H34O20/c36-11-23-27(46)29(48)32(53-34-33(26(45)21(43)12-49-34)55-54-24(44)6-2-13-1-4-16(38)18(40)7-13)35(51-23)52-31-28(47)25-20(42)9-15(37)10-22(25)50-30(31)14-3-5-17(39)19(41)8-14/h1-10,21,23,26-27,29,32-43,45-46,48H,11-12H2. The van der Waals surface area contributed by atoms with Gasteiger partial charge in [0.1, 0.15) is 53.0 Å². The predicted octanol–water partition coefficient (Wildman–Crippen LogP) is -0.469. The molecule has 55 heavy (non-hydrogen) atoms. The molecule has 4 aromatic rings. The van der Waals surface area contributed by atoms with Crippen LogP contribution in [0.3, 0.4) is 0 Å². The SMILES string of the molecule is O=C(C=Cc1ccc(O)c(O)c1)OOC1C(OC2C(Oc3c(-c4ccc(O)c(O)c4)oc4cc(O)cc(O)c4c3=O)OC(CO)C(O)C2O)OCC(O)C1O. The third-order valence-electron chi connectivity index (χ3n) is 8.59. The van der Waals surface area contributed by atoms with Crippen molar-refractivity contribution in [3.8, 4) is 51.6 Å². The number of hydrogen-bond acceptors (Lipinski definition) is 20. The monoisotopic (exact) mass is 774 g/mol. The fourth-order valence-corrected chi connectivity index (χ4v) is 5.72. The lowest BCUT2D eigenvalue weighted by Gasteiger charge is -2.44. The molecule has 0 spiro atoms. The summed E-state index contributed by atoms with van der Waals surface area (Å²) in [5.41, 5.74) is -1.28. The average Bonchev–Trinajstić information content (AvgIpc) is 3.14. The van der Waals surface area contributed by atoms with Gasteiger partial charge in [-0.25, -0.2) is 4.79 Å². The summed E-state index contributed by atoms with van der Waals surface area (Å²) in [6, 6.07) is 8.72. The van der Waals surface area contributed by atoms with Crippen molar-refractivity contribution < 1.29 is 94.1 Å². The normalized spacial score (nSPS) is 27.0. The molecule has 3 heterocycles. The van der Waals surface area contributed by atoms with Gasteiger partial charge in [0.05, 0.1) is 13.2 Å². The first-order chi connectivity index (χ1) is 26.2. The van der Waals surface area contributed by atoms with Crippen LogP contribution in [0.25, 0.3) is 28.4 Å². The summed E-state index contributed by atoms with van der Waals surface area (Å²) in [5.74, 6) is -5.74. The van der Waals surface area contributed by atoms with Crippen molar-refractivity contribution in [2.24, 2.45) is 0 Å². The molecule has 0 aliphatic carbocycles. The molecule has 0 saturated carbocycles. The molecule has 0 radical (unpaired) electrons. The molecule has 11 N–H and O–H groups in total. The van der Waals surface area contributed by atoms with Crippen LogP contribution in [0.1, 0.15) is 5.56 Å². The molecule has 20 heteroatoms. The Hall–Kier alpha value is -5.68. The number of phenolic OH excluding ortho intramolecular Hbond substituents is 6. The number of aromatic hydroxyl groups is 6. The molecule has 6 rings (SSSR count). The number of carbonyl (C=O) groups excluding carboxylic acids is 1. The zero-order chi connectivity index (χ0) is 39.7. The first kappa shape index (κ1) is 39.0. The Morgan fingerprint density at radius 1 is 0.800 bits per heavy atom. The maximum absolute atomic E-state index is 14.0. The largest absolute Gasteiger partial charge is 0.508 e. The van der Waals surface area contributed by atoms with Crippen LogP contribution in [0, 0.1) is 0 Å². The van der Waals surface area contributed by atoms with Crippen LogP contribution in [-0.4, -0.2) is 131 Å². The highest BCUT2D eigenvalue weighted by molar-refractivity contribution is 5.88. The smallest absolute Gasteiger partial charge is 0.365 e. The summed E-state index contributed by atoms with van der Waals surface area (Å²) in [6.07, 6.45) is -14.6. The van der Waals surface area contributed by atoms with Crippen LogP contribution in [-0.2, 0) is 28.8 Å². The molecule has 9 unspecified atom stereocenters. The molecule has 0 amide bonds. The van der Waals surface area contributed by atoms with Gasteiger partial charge in [-0.15, -0.1) is 0 Å². The fraction of sp³-hybridized carbons (Fsp3) is 0.314. The van der Waals surface area contributed by atoms with E-state index in [1.54, 1.807) is 0 Å². The van der Waals surface area contributed by atoms with Crippen LogP contribution in [0.4, 0.5) is 0 Å². The Kier molecular flexibility index (Phi) is 11.3.